The minimum atomic E-state index is -0.201. The van der Waals surface area contributed by atoms with Crippen molar-refractivity contribution in [1.29, 1.82) is 0 Å². The molecule has 0 saturated heterocycles. The molecule has 4 heteroatoms. The van der Waals surface area contributed by atoms with Crippen LogP contribution in [0.4, 0.5) is 0 Å². The SMILES string of the molecule is CC1(C)C(O)CC1NCc1cccc2c1OCCCO2. The van der Waals surface area contributed by atoms with Gasteiger partial charge in [0.05, 0.1) is 19.3 Å². The predicted octanol–water partition coefficient (Wildman–Crippen LogP) is 2.10. The van der Waals surface area contributed by atoms with Gasteiger partial charge in [0.2, 0.25) is 0 Å². The van der Waals surface area contributed by atoms with Gasteiger partial charge >= 0.3 is 0 Å². The zero-order valence-corrected chi connectivity index (χ0v) is 12.2. The summed E-state index contributed by atoms with van der Waals surface area (Å²) in [5.74, 6) is 1.71. The molecular formula is C16H23NO3. The van der Waals surface area contributed by atoms with Crippen molar-refractivity contribution >= 4 is 0 Å². The molecule has 1 saturated carbocycles. The van der Waals surface area contributed by atoms with Crippen molar-refractivity contribution in [2.75, 3.05) is 13.2 Å². The van der Waals surface area contributed by atoms with Crippen LogP contribution in [0.5, 0.6) is 11.5 Å². The van der Waals surface area contributed by atoms with Crippen LogP contribution in [0, 0.1) is 5.41 Å². The van der Waals surface area contributed by atoms with Crippen LogP contribution in [0.1, 0.15) is 32.3 Å². The number of nitrogens with one attached hydrogen (secondary N) is 1. The van der Waals surface area contributed by atoms with Crippen LogP contribution in [-0.2, 0) is 6.54 Å². The van der Waals surface area contributed by atoms with E-state index in [1.165, 1.54) is 0 Å². The van der Waals surface area contributed by atoms with E-state index in [-0.39, 0.29) is 11.5 Å². The Kier molecular flexibility index (Phi) is 3.61. The highest BCUT2D eigenvalue weighted by Gasteiger charge is 2.46. The number of aliphatic hydroxyl groups excluding tert-OH is 1. The van der Waals surface area contributed by atoms with Gasteiger partial charge in [-0.15, -0.1) is 0 Å². The number of benzene rings is 1. The van der Waals surface area contributed by atoms with Gasteiger partial charge in [-0.2, -0.15) is 0 Å². The number of rotatable bonds is 3. The van der Waals surface area contributed by atoms with Crippen molar-refractivity contribution in [2.45, 2.75) is 45.4 Å². The van der Waals surface area contributed by atoms with Crippen LogP contribution < -0.4 is 14.8 Å². The zero-order valence-electron chi connectivity index (χ0n) is 12.2. The maximum atomic E-state index is 9.79. The van der Waals surface area contributed by atoms with E-state index >= 15 is 0 Å². The Labute approximate surface area is 120 Å². The molecule has 1 aromatic rings. The van der Waals surface area contributed by atoms with E-state index in [4.69, 9.17) is 9.47 Å². The molecule has 1 aliphatic carbocycles. The van der Waals surface area contributed by atoms with Gasteiger partial charge in [-0.1, -0.05) is 26.0 Å². The molecule has 2 unspecified atom stereocenters. The molecule has 3 rings (SSSR count). The normalized spacial score (nSPS) is 27.6. The zero-order chi connectivity index (χ0) is 14.2. The first kappa shape index (κ1) is 13.7. The van der Waals surface area contributed by atoms with Gasteiger partial charge in [-0.25, -0.2) is 0 Å². The molecule has 0 aromatic heterocycles. The summed E-state index contributed by atoms with van der Waals surface area (Å²) in [6.45, 7) is 6.37. The number of hydrogen-bond donors (Lipinski definition) is 2. The fraction of sp³-hybridized carbons (Fsp3) is 0.625. The van der Waals surface area contributed by atoms with Crippen LogP contribution >= 0.6 is 0 Å². The molecule has 0 bridgehead atoms. The van der Waals surface area contributed by atoms with Gasteiger partial charge in [-0.05, 0) is 12.5 Å². The van der Waals surface area contributed by atoms with Gasteiger partial charge in [0, 0.05) is 30.0 Å². The lowest BCUT2D eigenvalue weighted by molar-refractivity contribution is -0.0730. The van der Waals surface area contributed by atoms with Gasteiger partial charge in [-0.3, -0.25) is 0 Å². The molecule has 1 heterocycles. The van der Waals surface area contributed by atoms with E-state index in [1.54, 1.807) is 0 Å². The van der Waals surface area contributed by atoms with E-state index in [0.717, 1.165) is 36.4 Å². The van der Waals surface area contributed by atoms with Crippen molar-refractivity contribution in [3.05, 3.63) is 23.8 Å². The maximum Gasteiger partial charge on any atom is 0.165 e. The molecule has 2 atom stereocenters. The van der Waals surface area contributed by atoms with Crippen molar-refractivity contribution in [1.82, 2.24) is 5.32 Å². The van der Waals surface area contributed by atoms with Crippen molar-refractivity contribution in [2.24, 2.45) is 5.41 Å². The lowest BCUT2D eigenvalue weighted by Gasteiger charge is -2.49. The number of para-hydroxylation sites is 1. The second kappa shape index (κ2) is 5.26. The third kappa shape index (κ3) is 2.38. The molecule has 1 aliphatic heterocycles. The Bertz CT molecular complexity index is 487. The standard InChI is InChI=1S/C16H23NO3/c1-16(2)13(9-14(16)18)17-10-11-5-3-6-12-15(11)20-8-4-7-19-12/h3,5-6,13-14,17-18H,4,7-10H2,1-2H3. The minimum Gasteiger partial charge on any atom is -0.490 e. The Morgan fingerprint density at radius 3 is 2.85 bits per heavy atom. The lowest BCUT2D eigenvalue weighted by Crippen LogP contribution is -2.59. The topological polar surface area (TPSA) is 50.7 Å². The van der Waals surface area contributed by atoms with Crippen LogP contribution in [0.3, 0.4) is 0 Å². The number of ether oxygens (including phenoxy) is 2. The molecule has 2 aliphatic rings. The Hall–Kier alpha value is -1.26. The average molecular weight is 277 g/mol. The largest absolute Gasteiger partial charge is 0.490 e. The lowest BCUT2D eigenvalue weighted by atomic mass is 9.64. The Morgan fingerprint density at radius 1 is 1.30 bits per heavy atom. The first-order chi connectivity index (χ1) is 9.59. The quantitative estimate of drug-likeness (QED) is 0.888. The Balaban J connectivity index is 1.69. The summed E-state index contributed by atoms with van der Waals surface area (Å²) in [5.41, 5.74) is 1.07. The summed E-state index contributed by atoms with van der Waals surface area (Å²) in [5, 5.41) is 13.3. The first-order valence-electron chi connectivity index (χ1n) is 7.38. The number of fused-ring (bicyclic) bond motifs is 1. The van der Waals surface area contributed by atoms with Gasteiger partial charge in [0.15, 0.2) is 11.5 Å². The molecule has 1 fully saturated rings. The summed E-state index contributed by atoms with van der Waals surface area (Å²) in [4.78, 5) is 0. The minimum absolute atomic E-state index is 0.0525. The molecule has 0 amide bonds. The maximum absolute atomic E-state index is 9.79. The van der Waals surface area contributed by atoms with Crippen molar-refractivity contribution in [3.63, 3.8) is 0 Å². The summed E-state index contributed by atoms with van der Waals surface area (Å²) in [6, 6.07) is 6.38. The molecule has 20 heavy (non-hydrogen) atoms. The first-order valence-corrected chi connectivity index (χ1v) is 7.38. The van der Waals surface area contributed by atoms with Crippen LogP contribution in [0.25, 0.3) is 0 Å². The monoisotopic (exact) mass is 277 g/mol. The highest BCUT2D eigenvalue weighted by molar-refractivity contribution is 5.47. The van der Waals surface area contributed by atoms with E-state index in [9.17, 15) is 5.11 Å². The van der Waals surface area contributed by atoms with Gasteiger partial charge in [0.1, 0.15) is 0 Å². The molecular weight excluding hydrogens is 254 g/mol. The summed E-state index contributed by atoms with van der Waals surface area (Å²) < 4.78 is 11.5. The van der Waals surface area contributed by atoms with E-state index in [1.807, 2.05) is 12.1 Å². The molecule has 4 nitrogen and oxygen atoms in total. The van der Waals surface area contributed by atoms with E-state index in [0.29, 0.717) is 19.3 Å². The molecule has 1 aromatic carbocycles. The average Bonchev–Trinajstić information content (AvgIpc) is 2.68. The second-order valence-corrected chi connectivity index (χ2v) is 6.30. The smallest absolute Gasteiger partial charge is 0.165 e. The van der Waals surface area contributed by atoms with Crippen molar-refractivity contribution < 1.29 is 14.6 Å². The molecule has 110 valence electrons. The summed E-state index contributed by atoms with van der Waals surface area (Å²) in [6.07, 6.45) is 1.54. The summed E-state index contributed by atoms with van der Waals surface area (Å²) >= 11 is 0. The highest BCUT2D eigenvalue weighted by Crippen LogP contribution is 2.41. The summed E-state index contributed by atoms with van der Waals surface area (Å²) in [7, 11) is 0. The van der Waals surface area contributed by atoms with Crippen LogP contribution in [0.15, 0.2) is 18.2 Å². The fourth-order valence-electron chi connectivity index (χ4n) is 2.88. The second-order valence-electron chi connectivity index (χ2n) is 6.30. The fourth-order valence-corrected chi connectivity index (χ4v) is 2.88. The molecule has 2 N–H and O–H groups in total. The van der Waals surface area contributed by atoms with E-state index < -0.39 is 0 Å². The van der Waals surface area contributed by atoms with E-state index in [2.05, 4.69) is 25.2 Å². The number of aliphatic hydroxyl groups is 1. The van der Waals surface area contributed by atoms with Crippen LogP contribution in [0.2, 0.25) is 0 Å². The number of hydrogen-bond acceptors (Lipinski definition) is 4. The molecule has 0 radical (unpaired) electrons. The third-order valence-corrected chi connectivity index (χ3v) is 4.61. The van der Waals surface area contributed by atoms with Gasteiger partial charge < -0.3 is 19.9 Å². The van der Waals surface area contributed by atoms with Crippen molar-refractivity contribution in [3.8, 4) is 11.5 Å². The highest BCUT2D eigenvalue weighted by atomic mass is 16.5. The third-order valence-electron chi connectivity index (χ3n) is 4.61. The predicted molar refractivity (Wildman–Crippen MR) is 77.1 cm³/mol. The van der Waals surface area contributed by atoms with Gasteiger partial charge in [0.25, 0.3) is 0 Å². The van der Waals surface area contributed by atoms with Crippen LogP contribution in [-0.4, -0.2) is 30.5 Å². The molecule has 0 spiro atoms. The Morgan fingerprint density at radius 2 is 2.10 bits per heavy atom.